The van der Waals surface area contributed by atoms with Crippen molar-refractivity contribution < 1.29 is 22.8 Å². The number of nitrogens with zero attached hydrogens (tertiary/aromatic N) is 1. The predicted octanol–water partition coefficient (Wildman–Crippen LogP) is 3.44. The highest BCUT2D eigenvalue weighted by Crippen LogP contribution is 2.31. The van der Waals surface area contributed by atoms with Gasteiger partial charge < -0.3 is 5.32 Å². The molecule has 162 valence electrons. The van der Waals surface area contributed by atoms with Crippen molar-refractivity contribution in [2.75, 3.05) is 5.32 Å². The minimum absolute atomic E-state index is 0.101. The molecule has 0 saturated heterocycles. The fourth-order valence-electron chi connectivity index (χ4n) is 2.69. The number of aromatic nitrogens is 1. The molecule has 1 heterocycles. The average Bonchev–Trinajstić information content (AvgIpc) is 3.04. The number of amides is 2. The lowest BCUT2D eigenvalue weighted by Crippen LogP contribution is -2.44. The van der Waals surface area contributed by atoms with Gasteiger partial charge in [-0.2, -0.15) is 13.2 Å². The summed E-state index contributed by atoms with van der Waals surface area (Å²) in [6.07, 6.45) is -4.50. The summed E-state index contributed by atoms with van der Waals surface area (Å²) in [6, 6.07) is 10.7. The number of nitrogens with one attached hydrogen (secondary N) is 3. The van der Waals surface area contributed by atoms with E-state index in [1.54, 1.807) is 24.4 Å². The molecule has 3 aromatic rings. The Morgan fingerprint density at radius 1 is 1.06 bits per heavy atom. The first-order valence-corrected chi connectivity index (χ1v) is 9.80. The molecule has 3 rings (SSSR count). The monoisotopic (exact) mass is 450 g/mol. The molecule has 1 aromatic heterocycles. The smallest absolute Gasteiger partial charge is 0.355 e. The zero-order valence-corrected chi connectivity index (χ0v) is 16.9. The van der Waals surface area contributed by atoms with E-state index in [9.17, 15) is 27.6 Å². The second kappa shape index (κ2) is 9.04. The highest BCUT2D eigenvalue weighted by Gasteiger charge is 2.30. The number of carbonyl (C=O) groups is 2. The standard InChI is InChI=1S/C20H17F3N4O3S/c1-12-11-31-19(30)27(12)10-17(28)25-26-18(29)15-7-2-3-8-16(15)24-14-6-4-5-13(9-14)20(21,22)23/h2-9,11,24H,10H2,1H3,(H,25,28)(H,26,29). The molecular weight excluding hydrogens is 433 g/mol. The number of hydrazine groups is 1. The molecule has 0 aliphatic rings. The number of alkyl halides is 3. The van der Waals surface area contributed by atoms with Gasteiger partial charge in [0.15, 0.2) is 0 Å². The zero-order chi connectivity index (χ0) is 22.6. The van der Waals surface area contributed by atoms with E-state index in [1.807, 2.05) is 0 Å². The minimum Gasteiger partial charge on any atom is -0.355 e. The number of hydrogen-bond donors (Lipinski definition) is 3. The number of anilines is 2. The lowest BCUT2D eigenvalue weighted by atomic mass is 10.1. The van der Waals surface area contributed by atoms with Gasteiger partial charge in [-0.15, -0.1) is 0 Å². The lowest BCUT2D eigenvalue weighted by molar-refractivity contribution is -0.137. The van der Waals surface area contributed by atoms with Gasteiger partial charge in [0.25, 0.3) is 11.8 Å². The third kappa shape index (κ3) is 5.51. The largest absolute Gasteiger partial charge is 0.416 e. The van der Waals surface area contributed by atoms with Gasteiger partial charge in [0, 0.05) is 16.8 Å². The Morgan fingerprint density at radius 2 is 1.81 bits per heavy atom. The zero-order valence-electron chi connectivity index (χ0n) is 16.1. The van der Waals surface area contributed by atoms with Gasteiger partial charge in [0.05, 0.1) is 16.8 Å². The fourth-order valence-corrected chi connectivity index (χ4v) is 3.43. The normalized spacial score (nSPS) is 11.1. The second-order valence-electron chi connectivity index (χ2n) is 6.48. The predicted molar refractivity (Wildman–Crippen MR) is 110 cm³/mol. The van der Waals surface area contributed by atoms with Crippen LogP contribution in [0.5, 0.6) is 0 Å². The van der Waals surface area contributed by atoms with E-state index in [2.05, 4.69) is 16.2 Å². The summed E-state index contributed by atoms with van der Waals surface area (Å²) in [4.78, 5) is 35.9. The number of halogens is 3. The van der Waals surface area contributed by atoms with Crippen LogP contribution in [0.4, 0.5) is 24.5 Å². The molecule has 7 nitrogen and oxygen atoms in total. The van der Waals surface area contributed by atoms with E-state index < -0.39 is 23.6 Å². The maximum atomic E-state index is 12.9. The number of carbonyl (C=O) groups excluding carboxylic acids is 2. The summed E-state index contributed by atoms with van der Waals surface area (Å²) in [5.74, 6) is -1.29. The summed E-state index contributed by atoms with van der Waals surface area (Å²) in [5.41, 5.74) is 4.75. The topological polar surface area (TPSA) is 92.2 Å². The van der Waals surface area contributed by atoms with E-state index in [-0.39, 0.29) is 28.4 Å². The van der Waals surface area contributed by atoms with Gasteiger partial charge in [-0.3, -0.25) is 29.8 Å². The van der Waals surface area contributed by atoms with E-state index in [4.69, 9.17) is 0 Å². The molecular formula is C20H17F3N4O3S. The number of thiazole rings is 1. The fraction of sp³-hybridized carbons (Fsp3) is 0.150. The highest BCUT2D eigenvalue weighted by molar-refractivity contribution is 7.07. The van der Waals surface area contributed by atoms with Crippen LogP contribution in [0.25, 0.3) is 0 Å². The van der Waals surface area contributed by atoms with E-state index in [1.165, 1.54) is 28.8 Å². The van der Waals surface area contributed by atoms with Crippen molar-refractivity contribution >= 4 is 34.5 Å². The molecule has 0 atom stereocenters. The van der Waals surface area contributed by atoms with Crippen molar-refractivity contribution in [3.05, 3.63) is 80.4 Å². The van der Waals surface area contributed by atoms with Crippen molar-refractivity contribution in [2.24, 2.45) is 0 Å². The Balaban J connectivity index is 1.69. The maximum Gasteiger partial charge on any atom is 0.416 e. The summed E-state index contributed by atoms with van der Waals surface area (Å²) in [7, 11) is 0. The Labute approximate surface area is 178 Å². The van der Waals surface area contributed by atoms with Gasteiger partial charge in [-0.1, -0.05) is 29.5 Å². The van der Waals surface area contributed by atoms with Crippen LogP contribution in [0.1, 0.15) is 21.6 Å². The average molecular weight is 450 g/mol. The van der Waals surface area contributed by atoms with Crippen molar-refractivity contribution in [2.45, 2.75) is 19.6 Å². The molecule has 0 bridgehead atoms. The molecule has 0 saturated carbocycles. The first-order chi connectivity index (χ1) is 14.6. The molecule has 0 aliphatic heterocycles. The van der Waals surface area contributed by atoms with Crippen molar-refractivity contribution in [1.82, 2.24) is 15.4 Å². The number of benzene rings is 2. The Kier molecular flexibility index (Phi) is 6.44. The Morgan fingerprint density at radius 3 is 2.48 bits per heavy atom. The number of para-hydroxylation sites is 1. The molecule has 0 fully saturated rings. The van der Waals surface area contributed by atoms with Gasteiger partial charge >= 0.3 is 11.0 Å². The third-order valence-electron chi connectivity index (χ3n) is 4.23. The summed E-state index contributed by atoms with van der Waals surface area (Å²) < 4.78 is 40.0. The molecule has 3 N–H and O–H groups in total. The lowest BCUT2D eigenvalue weighted by Gasteiger charge is -2.14. The van der Waals surface area contributed by atoms with Crippen molar-refractivity contribution in [3.8, 4) is 0 Å². The van der Waals surface area contributed by atoms with Crippen molar-refractivity contribution in [3.63, 3.8) is 0 Å². The van der Waals surface area contributed by atoms with Gasteiger partial charge in [0.1, 0.15) is 6.54 Å². The summed E-state index contributed by atoms with van der Waals surface area (Å²) in [6.45, 7) is 1.41. The number of rotatable bonds is 5. The first-order valence-electron chi connectivity index (χ1n) is 8.92. The first kappa shape index (κ1) is 22.1. The second-order valence-corrected chi connectivity index (χ2v) is 7.30. The molecule has 31 heavy (non-hydrogen) atoms. The van der Waals surface area contributed by atoms with Crippen LogP contribution in [0, 0.1) is 6.92 Å². The molecule has 0 unspecified atom stereocenters. The molecule has 2 amide bonds. The van der Waals surface area contributed by atoms with E-state index >= 15 is 0 Å². The summed E-state index contributed by atoms with van der Waals surface area (Å²) in [5, 5.41) is 4.40. The van der Waals surface area contributed by atoms with Crippen LogP contribution in [-0.4, -0.2) is 16.4 Å². The number of hydrogen-bond acceptors (Lipinski definition) is 5. The third-order valence-corrected chi connectivity index (χ3v) is 5.12. The van der Waals surface area contributed by atoms with E-state index in [0.29, 0.717) is 5.69 Å². The van der Waals surface area contributed by atoms with Gasteiger partial charge in [0.2, 0.25) is 0 Å². The van der Waals surface area contributed by atoms with Crippen LogP contribution in [-0.2, 0) is 17.5 Å². The molecule has 0 radical (unpaired) electrons. The van der Waals surface area contributed by atoms with Crippen LogP contribution < -0.4 is 21.0 Å². The minimum atomic E-state index is -4.50. The van der Waals surface area contributed by atoms with Gasteiger partial charge in [-0.05, 0) is 37.3 Å². The van der Waals surface area contributed by atoms with Crippen LogP contribution >= 0.6 is 11.3 Å². The van der Waals surface area contributed by atoms with Crippen molar-refractivity contribution in [1.29, 1.82) is 0 Å². The van der Waals surface area contributed by atoms with E-state index in [0.717, 1.165) is 23.5 Å². The summed E-state index contributed by atoms with van der Waals surface area (Å²) >= 11 is 0.961. The van der Waals surface area contributed by atoms with Crippen LogP contribution in [0.2, 0.25) is 0 Å². The Hall–Kier alpha value is -3.60. The maximum absolute atomic E-state index is 12.9. The molecule has 0 aliphatic carbocycles. The molecule has 0 spiro atoms. The van der Waals surface area contributed by atoms with Crippen LogP contribution in [0.3, 0.4) is 0 Å². The van der Waals surface area contributed by atoms with Gasteiger partial charge in [-0.25, -0.2) is 0 Å². The van der Waals surface area contributed by atoms with Crippen LogP contribution in [0.15, 0.2) is 58.7 Å². The number of aryl methyl sites for hydroxylation is 1. The molecule has 11 heteroatoms. The molecule has 2 aromatic carbocycles. The highest BCUT2D eigenvalue weighted by atomic mass is 32.1. The quantitative estimate of drug-likeness (QED) is 0.520. The SMILES string of the molecule is Cc1csc(=O)n1CC(=O)NNC(=O)c1ccccc1Nc1cccc(C(F)(F)F)c1. The Bertz CT molecular complexity index is 1170.